The van der Waals surface area contributed by atoms with E-state index in [1.54, 1.807) is 21.2 Å². The van der Waals surface area contributed by atoms with Crippen LogP contribution >= 0.6 is 11.8 Å². The summed E-state index contributed by atoms with van der Waals surface area (Å²) in [6.07, 6.45) is 4.40. The van der Waals surface area contributed by atoms with Crippen molar-refractivity contribution in [2.75, 3.05) is 32.7 Å². The van der Waals surface area contributed by atoms with Crippen LogP contribution in [0.3, 0.4) is 0 Å². The number of aryl methyl sites for hydroxylation is 2. The van der Waals surface area contributed by atoms with Crippen LogP contribution in [-0.4, -0.2) is 84.8 Å². The molecule has 2 aromatic heterocycles. The number of aliphatic imine (C=N–C) groups is 2. The zero-order valence-corrected chi connectivity index (χ0v) is 20.1. The zero-order chi connectivity index (χ0) is 23.4. The first-order chi connectivity index (χ1) is 16.5. The molecule has 5 heterocycles. The number of piperazine rings is 1. The van der Waals surface area contributed by atoms with Crippen LogP contribution in [0.25, 0.3) is 5.78 Å². The Labute approximate surface area is 201 Å². The van der Waals surface area contributed by atoms with E-state index in [0.29, 0.717) is 44.3 Å². The average Bonchev–Trinajstić information content (AvgIpc) is 3.41. The molecule has 2 aromatic rings. The molecule has 1 atom stereocenters. The molecule has 1 saturated heterocycles. The molecule has 2 amide bonds. The molecule has 0 radical (unpaired) electrons. The summed E-state index contributed by atoms with van der Waals surface area (Å²) >= 11 is 1.69. The summed E-state index contributed by atoms with van der Waals surface area (Å²) in [5.41, 5.74) is 2.99. The molecule has 0 bridgehead atoms. The number of thioether (sulfide) groups is 1. The van der Waals surface area contributed by atoms with E-state index in [0.717, 1.165) is 35.7 Å². The van der Waals surface area contributed by atoms with Crippen molar-refractivity contribution >= 4 is 40.2 Å². The van der Waals surface area contributed by atoms with Crippen molar-refractivity contribution in [3.8, 4) is 0 Å². The minimum absolute atomic E-state index is 0.0646. The Kier molecular flexibility index (Phi) is 5.33. The predicted octanol–water partition coefficient (Wildman–Crippen LogP) is 2.03. The van der Waals surface area contributed by atoms with Crippen molar-refractivity contribution in [3.05, 3.63) is 33.8 Å². The molecule has 1 fully saturated rings. The summed E-state index contributed by atoms with van der Waals surface area (Å²) in [5.74, 6) is 0.724. The van der Waals surface area contributed by atoms with Gasteiger partial charge >= 0.3 is 0 Å². The second-order valence-corrected chi connectivity index (χ2v) is 10.4. The van der Waals surface area contributed by atoms with Crippen LogP contribution in [-0.2, 0) is 4.79 Å². The van der Waals surface area contributed by atoms with E-state index in [9.17, 15) is 9.59 Å². The third kappa shape index (κ3) is 3.76. The molecule has 11 heteroatoms. The van der Waals surface area contributed by atoms with Gasteiger partial charge < -0.3 is 4.90 Å². The Bertz CT molecular complexity index is 1300. The van der Waals surface area contributed by atoms with Crippen LogP contribution in [0, 0.1) is 19.8 Å². The molecule has 0 spiro atoms. The monoisotopic (exact) mass is 478 g/mol. The first-order valence-electron chi connectivity index (χ1n) is 11.8. The normalized spacial score (nSPS) is 23.2. The molecule has 6 rings (SSSR count). The number of hydrogen-bond donors (Lipinski definition) is 0. The minimum Gasteiger partial charge on any atom is -0.333 e. The average molecular weight is 479 g/mol. The molecule has 0 aromatic carbocycles. The number of carbonyl (C=O) groups excluding carboxylic acids is 2. The maximum Gasteiger partial charge on any atom is 0.293 e. The van der Waals surface area contributed by atoms with Crippen LogP contribution in [0.15, 0.2) is 26.5 Å². The highest BCUT2D eigenvalue weighted by atomic mass is 32.2. The van der Waals surface area contributed by atoms with Gasteiger partial charge in [0.2, 0.25) is 5.82 Å². The molecule has 0 saturated carbocycles. The summed E-state index contributed by atoms with van der Waals surface area (Å²) in [4.78, 5) is 48.9. The Hall–Kier alpha value is -2.92. The number of nitrogens with zero attached hydrogens (tertiary/aromatic N) is 8. The van der Waals surface area contributed by atoms with E-state index in [1.165, 1.54) is 16.9 Å². The van der Waals surface area contributed by atoms with Gasteiger partial charge in [-0.15, -0.1) is 5.10 Å². The van der Waals surface area contributed by atoms with Gasteiger partial charge in [-0.2, -0.15) is 9.98 Å². The third-order valence-corrected chi connectivity index (χ3v) is 8.09. The molecule has 176 valence electrons. The highest BCUT2D eigenvalue weighted by molar-refractivity contribution is 8.17. The second kappa shape index (κ2) is 8.38. The van der Waals surface area contributed by atoms with Crippen molar-refractivity contribution in [2.24, 2.45) is 15.9 Å². The van der Waals surface area contributed by atoms with Crippen LogP contribution in [0.4, 0.5) is 0 Å². The van der Waals surface area contributed by atoms with Crippen molar-refractivity contribution < 1.29 is 9.59 Å². The maximum absolute atomic E-state index is 13.0. The van der Waals surface area contributed by atoms with Gasteiger partial charge in [-0.3, -0.25) is 14.5 Å². The van der Waals surface area contributed by atoms with E-state index >= 15 is 0 Å². The summed E-state index contributed by atoms with van der Waals surface area (Å²) in [6, 6.07) is 1.91. The van der Waals surface area contributed by atoms with Gasteiger partial charge in [-0.05, 0) is 56.1 Å². The summed E-state index contributed by atoms with van der Waals surface area (Å²) in [7, 11) is 0. The van der Waals surface area contributed by atoms with Crippen LogP contribution in [0.5, 0.6) is 0 Å². The van der Waals surface area contributed by atoms with Crippen molar-refractivity contribution in [3.63, 3.8) is 0 Å². The third-order valence-electron chi connectivity index (χ3n) is 6.84. The lowest BCUT2D eigenvalue weighted by Crippen LogP contribution is -2.50. The number of carbonyl (C=O) groups is 2. The second-order valence-electron chi connectivity index (χ2n) is 9.26. The first-order valence-corrected chi connectivity index (χ1v) is 12.6. The van der Waals surface area contributed by atoms with E-state index in [4.69, 9.17) is 4.99 Å². The van der Waals surface area contributed by atoms with Gasteiger partial charge in [-0.1, -0.05) is 11.8 Å². The van der Waals surface area contributed by atoms with Gasteiger partial charge in [0.15, 0.2) is 0 Å². The highest BCUT2D eigenvalue weighted by Gasteiger charge is 2.40. The number of amidine groups is 1. The number of aromatic nitrogens is 4. The zero-order valence-electron chi connectivity index (χ0n) is 19.3. The lowest BCUT2D eigenvalue weighted by molar-refractivity contribution is -0.118. The predicted molar refractivity (Wildman–Crippen MR) is 129 cm³/mol. The molecule has 0 N–H and O–H groups in total. The van der Waals surface area contributed by atoms with Gasteiger partial charge in [0, 0.05) is 37.6 Å². The summed E-state index contributed by atoms with van der Waals surface area (Å²) < 4.78 is 1.61. The highest BCUT2D eigenvalue weighted by Crippen LogP contribution is 2.47. The van der Waals surface area contributed by atoms with Crippen molar-refractivity contribution in [1.82, 2.24) is 29.4 Å². The Morgan fingerprint density at radius 1 is 1.09 bits per heavy atom. The summed E-state index contributed by atoms with van der Waals surface area (Å²) in [6.45, 7) is 6.81. The van der Waals surface area contributed by atoms with Gasteiger partial charge in [-0.25, -0.2) is 14.5 Å². The molecule has 1 unspecified atom stereocenters. The van der Waals surface area contributed by atoms with Gasteiger partial charge in [0.25, 0.3) is 17.6 Å². The number of fused-ring (bicyclic) bond motifs is 3. The Balaban J connectivity index is 1.09. The lowest BCUT2D eigenvalue weighted by Gasteiger charge is -2.34. The van der Waals surface area contributed by atoms with E-state index in [-0.39, 0.29) is 23.6 Å². The fourth-order valence-corrected chi connectivity index (χ4v) is 6.48. The first kappa shape index (κ1) is 21.6. The molecule has 3 aliphatic heterocycles. The van der Waals surface area contributed by atoms with E-state index < -0.39 is 0 Å². The van der Waals surface area contributed by atoms with Crippen molar-refractivity contribution in [2.45, 2.75) is 39.5 Å². The van der Waals surface area contributed by atoms with Gasteiger partial charge in [0.05, 0.1) is 11.6 Å². The quantitative estimate of drug-likeness (QED) is 0.664. The topological polar surface area (TPSA) is 108 Å². The molecular formula is C23H26N8O2S. The summed E-state index contributed by atoms with van der Waals surface area (Å²) in [5, 5.41) is 5.28. The molecule has 1 aliphatic carbocycles. The maximum atomic E-state index is 13.0. The number of rotatable bonds is 3. The van der Waals surface area contributed by atoms with Gasteiger partial charge in [0.1, 0.15) is 11.8 Å². The number of allylic oxidation sites excluding steroid dienone is 1. The molecule has 4 aliphatic rings. The minimum atomic E-state index is -0.224. The lowest BCUT2D eigenvalue weighted by atomic mass is 9.89. The fraction of sp³-hybridized carbons (Fsp3) is 0.522. The number of hydrogen-bond acceptors (Lipinski definition) is 8. The molecular weight excluding hydrogens is 452 g/mol. The largest absolute Gasteiger partial charge is 0.333 e. The van der Waals surface area contributed by atoms with Crippen LogP contribution in [0.2, 0.25) is 0 Å². The molecule has 34 heavy (non-hydrogen) atoms. The smallest absolute Gasteiger partial charge is 0.293 e. The van der Waals surface area contributed by atoms with Crippen LogP contribution < -0.4 is 0 Å². The van der Waals surface area contributed by atoms with Crippen molar-refractivity contribution in [1.29, 1.82) is 0 Å². The SMILES string of the molecule is Cc1cc(C)n2nc(C(=O)N3CCN(CC4=NC(=O)C5C(=N4)SC4=C5CCCC4)CC3)nc2n1. The van der Waals surface area contributed by atoms with Crippen LogP contribution in [0.1, 0.15) is 47.7 Å². The Morgan fingerprint density at radius 3 is 2.71 bits per heavy atom. The fourth-order valence-electron chi connectivity index (χ4n) is 5.12. The Morgan fingerprint density at radius 2 is 1.88 bits per heavy atom. The standard InChI is InChI=1S/C23H26N8O2S/c1-13-11-14(2)31-23(24-13)27-19(28-31)22(33)30-9-7-29(8-10-30)12-17-25-20(32)18-15-5-3-4-6-16(15)34-21(18)26-17/h11,18H,3-10,12H2,1-2H3. The molecule has 10 nitrogen and oxygen atoms in total. The van der Waals surface area contributed by atoms with E-state index in [2.05, 4.69) is 25.0 Å². The number of amides is 2. The van der Waals surface area contributed by atoms with E-state index in [1.807, 2.05) is 19.9 Å².